The van der Waals surface area contributed by atoms with Crippen molar-refractivity contribution in [1.29, 1.82) is 0 Å². The quantitative estimate of drug-likeness (QED) is 0.116. The van der Waals surface area contributed by atoms with Gasteiger partial charge in [0.05, 0.1) is 27.8 Å². The number of alkyl halides is 3. The van der Waals surface area contributed by atoms with E-state index in [1.807, 2.05) is 6.92 Å². The minimum absolute atomic E-state index is 0.0268. The average molecular weight is 600 g/mol. The number of rotatable bonds is 6. The van der Waals surface area contributed by atoms with Crippen molar-refractivity contribution in [3.63, 3.8) is 0 Å². The third-order valence-electron chi connectivity index (χ3n) is 7.00. The highest BCUT2D eigenvalue weighted by molar-refractivity contribution is 6.34. The van der Waals surface area contributed by atoms with Gasteiger partial charge >= 0.3 is 12.1 Å². The number of hydrogen-bond acceptors (Lipinski definition) is 7. The number of imide groups is 1. The molecule has 2 heterocycles. The number of esters is 1. The summed E-state index contributed by atoms with van der Waals surface area (Å²) in [5, 5.41) is -0.219. The molecule has 0 saturated carbocycles. The molecule has 0 N–H and O–H groups in total. The number of nitrogens with zero attached hydrogens (tertiary/aromatic N) is 1. The van der Waals surface area contributed by atoms with E-state index in [0.717, 1.165) is 16.5 Å². The first-order valence-electron chi connectivity index (χ1n) is 13.3. The SMILES string of the molecule is CCc1ccc(Oc2c(C(F)(F)F)oc3cc(OC(=O)c4ccc(N5C(=O)c6ccccc6C5=O)cc4)ccc3c2=O)cc1. The lowest BCUT2D eigenvalue weighted by atomic mass is 10.1. The summed E-state index contributed by atoms with van der Waals surface area (Å²) < 4.78 is 57.6. The lowest BCUT2D eigenvalue weighted by molar-refractivity contribution is -0.154. The van der Waals surface area contributed by atoms with Gasteiger partial charge in [-0.25, -0.2) is 9.69 Å². The first-order chi connectivity index (χ1) is 21.0. The molecule has 0 unspecified atom stereocenters. The van der Waals surface area contributed by atoms with Crippen LogP contribution in [0.1, 0.15) is 49.3 Å². The number of benzene rings is 4. The summed E-state index contributed by atoms with van der Waals surface area (Å²) in [6.45, 7) is 1.91. The van der Waals surface area contributed by atoms with E-state index in [9.17, 15) is 32.3 Å². The van der Waals surface area contributed by atoms with Crippen LogP contribution in [0.5, 0.6) is 17.2 Å². The van der Waals surface area contributed by atoms with Gasteiger partial charge in [0.1, 0.15) is 17.1 Å². The number of amides is 2. The van der Waals surface area contributed by atoms with Gasteiger partial charge in [0.15, 0.2) is 0 Å². The van der Waals surface area contributed by atoms with Crippen LogP contribution in [-0.2, 0) is 12.6 Å². The van der Waals surface area contributed by atoms with Gasteiger partial charge in [-0.15, -0.1) is 0 Å². The zero-order chi connectivity index (χ0) is 31.2. The van der Waals surface area contributed by atoms with Gasteiger partial charge in [-0.1, -0.05) is 31.2 Å². The number of halogens is 3. The largest absolute Gasteiger partial charge is 0.453 e. The smallest absolute Gasteiger partial charge is 0.449 e. The molecular weight excluding hydrogens is 579 g/mol. The Morgan fingerprint density at radius 2 is 1.43 bits per heavy atom. The molecule has 0 radical (unpaired) electrons. The fraction of sp³-hybridized carbons (Fsp3) is 0.0909. The predicted octanol–water partition coefficient (Wildman–Crippen LogP) is 7.19. The highest BCUT2D eigenvalue weighted by Crippen LogP contribution is 2.39. The number of hydrogen-bond donors (Lipinski definition) is 0. The summed E-state index contributed by atoms with van der Waals surface area (Å²) in [5.74, 6) is -4.70. The Kier molecular flexibility index (Phi) is 7.00. The minimum atomic E-state index is -5.07. The molecule has 0 saturated heterocycles. The Morgan fingerprint density at radius 3 is 2.02 bits per heavy atom. The molecule has 11 heteroatoms. The molecule has 2 amide bonds. The molecule has 0 aliphatic carbocycles. The third kappa shape index (κ3) is 5.08. The highest BCUT2D eigenvalue weighted by Gasteiger charge is 2.41. The van der Waals surface area contributed by atoms with Crippen LogP contribution < -0.4 is 19.8 Å². The second kappa shape index (κ2) is 10.8. The fourth-order valence-corrected chi connectivity index (χ4v) is 4.75. The second-order valence-electron chi connectivity index (χ2n) is 9.77. The minimum Gasteiger partial charge on any atom is -0.449 e. The van der Waals surface area contributed by atoms with Crippen molar-refractivity contribution in [2.45, 2.75) is 19.5 Å². The Hall–Kier alpha value is -5.71. The van der Waals surface area contributed by atoms with Crippen LogP contribution >= 0.6 is 0 Å². The van der Waals surface area contributed by atoms with Crippen LogP contribution in [-0.4, -0.2) is 17.8 Å². The van der Waals surface area contributed by atoms with Crippen LogP contribution in [0, 0.1) is 0 Å². The topological polar surface area (TPSA) is 103 Å². The molecule has 5 aromatic rings. The van der Waals surface area contributed by atoms with Crippen LogP contribution in [0.25, 0.3) is 11.0 Å². The van der Waals surface area contributed by atoms with Crippen molar-refractivity contribution in [3.8, 4) is 17.2 Å². The summed E-state index contributed by atoms with van der Waals surface area (Å²) in [5.41, 5.74) is 0.200. The van der Waals surface area contributed by atoms with Crippen molar-refractivity contribution in [1.82, 2.24) is 0 Å². The van der Waals surface area contributed by atoms with Crippen molar-refractivity contribution < 1.29 is 41.4 Å². The summed E-state index contributed by atoms with van der Waals surface area (Å²) in [6, 6.07) is 21.5. The van der Waals surface area contributed by atoms with Gasteiger partial charge in [0, 0.05) is 6.07 Å². The molecule has 0 atom stereocenters. The molecule has 220 valence electrons. The van der Waals surface area contributed by atoms with Gasteiger partial charge in [-0.3, -0.25) is 14.4 Å². The molecular formula is C33H20F3NO7. The van der Waals surface area contributed by atoms with Crippen LogP contribution in [0.2, 0.25) is 0 Å². The summed E-state index contributed by atoms with van der Waals surface area (Å²) in [7, 11) is 0. The maximum Gasteiger partial charge on any atom is 0.453 e. The zero-order valence-electron chi connectivity index (χ0n) is 22.8. The molecule has 0 spiro atoms. The van der Waals surface area contributed by atoms with Gasteiger partial charge in [0.25, 0.3) is 17.6 Å². The van der Waals surface area contributed by atoms with E-state index in [1.165, 1.54) is 48.5 Å². The monoisotopic (exact) mass is 599 g/mol. The third-order valence-corrected chi connectivity index (χ3v) is 7.00. The van der Waals surface area contributed by atoms with Crippen molar-refractivity contribution >= 4 is 34.4 Å². The van der Waals surface area contributed by atoms with E-state index in [0.29, 0.717) is 6.42 Å². The molecule has 1 aliphatic rings. The zero-order valence-corrected chi connectivity index (χ0v) is 22.8. The molecule has 0 fully saturated rings. The lowest BCUT2D eigenvalue weighted by Crippen LogP contribution is -2.29. The van der Waals surface area contributed by atoms with E-state index in [1.54, 1.807) is 36.4 Å². The normalized spacial score (nSPS) is 12.9. The van der Waals surface area contributed by atoms with Gasteiger partial charge in [-0.2, -0.15) is 13.2 Å². The predicted molar refractivity (Wildman–Crippen MR) is 152 cm³/mol. The molecule has 6 rings (SSSR count). The first kappa shape index (κ1) is 28.4. The van der Waals surface area contributed by atoms with Crippen molar-refractivity contribution in [2.24, 2.45) is 0 Å². The van der Waals surface area contributed by atoms with E-state index in [4.69, 9.17) is 13.9 Å². The summed E-state index contributed by atoms with van der Waals surface area (Å²) >= 11 is 0. The molecule has 1 aromatic heterocycles. The van der Waals surface area contributed by atoms with E-state index in [2.05, 4.69) is 0 Å². The van der Waals surface area contributed by atoms with E-state index in [-0.39, 0.29) is 39.3 Å². The van der Waals surface area contributed by atoms with E-state index >= 15 is 0 Å². The van der Waals surface area contributed by atoms with Crippen LogP contribution in [0.3, 0.4) is 0 Å². The number of ether oxygens (including phenoxy) is 2. The average Bonchev–Trinajstić information content (AvgIpc) is 3.27. The Morgan fingerprint density at radius 1 is 0.818 bits per heavy atom. The number of carbonyl (C=O) groups is 3. The Balaban J connectivity index is 1.25. The standard InChI is InChI=1S/C33H20F3NO7/c1-2-18-7-13-21(14-8-18)42-28-27(38)25-16-15-22(17-26(25)44-29(28)33(34,35)36)43-32(41)19-9-11-20(12-10-19)37-30(39)23-5-3-4-6-24(23)31(37)40/h3-17H,2H2,1H3. The first-order valence-corrected chi connectivity index (χ1v) is 13.3. The Labute approximate surface area is 246 Å². The van der Waals surface area contributed by atoms with E-state index < -0.39 is 46.5 Å². The Bertz CT molecular complexity index is 1980. The lowest BCUT2D eigenvalue weighted by Gasteiger charge is -2.14. The van der Waals surface area contributed by atoms with Crippen LogP contribution in [0.15, 0.2) is 100 Å². The molecule has 1 aliphatic heterocycles. The summed E-state index contributed by atoms with van der Waals surface area (Å²) in [4.78, 5) is 52.4. The maximum atomic E-state index is 13.9. The number of fused-ring (bicyclic) bond motifs is 2. The van der Waals surface area contributed by atoms with Crippen LogP contribution in [0.4, 0.5) is 18.9 Å². The van der Waals surface area contributed by atoms with Gasteiger partial charge in [-0.05, 0) is 72.6 Å². The van der Waals surface area contributed by atoms with Gasteiger partial charge in [0.2, 0.25) is 11.2 Å². The van der Waals surface area contributed by atoms with Crippen molar-refractivity contribution in [3.05, 3.63) is 129 Å². The van der Waals surface area contributed by atoms with Gasteiger partial charge < -0.3 is 13.9 Å². The maximum absolute atomic E-state index is 13.9. The summed E-state index contributed by atoms with van der Waals surface area (Å²) in [6.07, 6.45) is -4.36. The molecule has 4 aromatic carbocycles. The fourth-order valence-electron chi connectivity index (χ4n) is 4.75. The molecule has 8 nitrogen and oxygen atoms in total. The highest BCUT2D eigenvalue weighted by atomic mass is 19.4. The number of anilines is 1. The molecule has 0 bridgehead atoms. The number of carbonyl (C=O) groups excluding carboxylic acids is 3. The number of aryl methyl sites for hydroxylation is 1. The van der Waals surface area contributed by atoms with Crippen molar-refractivity contribution in [2.75, 3.05) is 4.90 Å². The second-order valence-corrected chi connectivity index (χ2v) is 9.77. The molecule has 44 heavy (non-hydrogen) atoms.